The van der Waals surface area contributed by atoms with Gasteiger partial charge in [0.15, 0.2) is 0 Å². The molecule has 94 valence electrons. The molecule has 4 nitrogen and oxygen atoms in total. The molecule has 0 aromatic carbocycles. The Labute approximate surface area is 107 Å². The number of hydrogen-bond donors (Lipinski definition) is 1. The van der Waals surface area contributed by atoms with Gasteiger partial charge in [-0.3, -0.25) is 9.48 Å². The smallest absolute Gasteiger partial charge is 0.269 e. The molecule has 1 aromatic rings. The van der Waals surface area contributed by atoms with Crippen molar-refractivity contribution in [2.75, 3.05) is 6.54 Å². The number of amides is 1. The summed E-state index contributed by atoms with van der Waals surface area (Å²) < 4.78 is 1.70. The molecule has 0 aliphatic heterocycles. The van der Waals surface area contributed by atoms with Crippen LogP contribution in [0.5, 0.6) is 0 Å². The molecule has 0 aliphatic rings. The molecular formula is C12H18ClN3O. The van der Waals surface area contributed by atoms with Crippen molar-refractivity contribution < 1.29 is 4.79 Å². The summed E-state index contributed by atoms with van der Waals surface area (Å²) in [6.45, 7) is 10.5. The lowest BCUT2D eigenvalue weighted by molar-refractivity contribution is 0.0947. The summed E-state index contributed by atoms with van der Waals surface area (Å²) in [5, 5.41) is 7.48. The third kappa shape index (κ3) is 3.60. The number of hydrogen-bond acceptors (Lipinski definition) is 2. The molecule has 1 rings (SSSR count). The number of halogens is 1. The Kier molecular flexibility index (Phi) is 4.75. The second kappa shape index (κ2) is 5.87. The van der Waals surface area contributed by atoms with Gasteiger partial charge < -0.3 is 5.32 Å². The molecule has 0 aliphatic carbocycles. The summed E-state index contributed by atoms with van der Waals surface area (Å²) in [4.78, 5) is 11.9. The standard InChI is InChI=1S/C12H18ClN3O/c1-5-16-11(6-10(15-16)8(2)3)12(17)14-7-9(4)13/h6,8H,4-5,7H2,1-3H3,(H,14,17). The summed E-state index contributed by atoms with van der Waals surface area (Å²) in [6.07, 6.45) is 0. The van der Waals surface area contributed by atoms with E-state index in [1.807, 2.05) is 26.8 Å². The van der Waals surface area contributed by atoms with Gasteiger partial charge in [-0.05, 0) is 18.9 Å². The van der Waals surface area contributed by atoms with Gasteiger partial charge in [-0.2, -0.15) is 5.10 Å². The lowest BCUT2D eigenvalue weighted by Crippen LogP contribution is -2.27. The third-order valence-electron chi connectivity index (χ3n) is 2.36. The highest BCUT2D eigenvalue weighted by Crippen LogP contribution is 2.14. The molecule has 0 bridgehead atoms. The van der Waals surface area contributed by atoms with Crippen LogP contribution in [0.4, 0.5) is 0 Å². The van der Waals surface area contributed by atoms with Gasteiger partial charge in [0.2, 0.25) is 0 Å². The van der Waals surface area contributed by atoms with Crippen molar-refractivity contribution in [3.05, 3.63) is 29.1 Å². The molecule has 1 heterocycles. The number of carbonyl (C=O) groups is 1. The Balaban J connectivity index is 2.88. The zero-order valence-corrected chi connectivity index (χ0v) is 11.2. The summed E-state index contributed by atoms with van der Waals surface area (Å²) in [5.41, 5.74) is 1.48. The summed E-state index contributed by atoms with van der Waals surface area (Å²) in [7, 11) is 0. The summed E-state index contributed by atoms with van der Waals surface area (Å²) in [5.74, 6) is 0.130. The largest absolute Gasteiger partial charge is 0.346 e. The van der Waals surface area contributed by atoms with Gasteiger partial charge in [-0.15, -0.1) is 0 Å². The minimum atomic E-state index is -0.173. The fourth-order valence-corrected chi connectivity index (χ4v) is 1.48. The predicted molar refractivity (Wildman–Crippen MR) is 69.3 cm³/mol. The van der Waals surface area contributed by atoms with Crippen molar-refractivity contribution in [3.63, 3.8) is 0 Å². The van der Waals surface area contributed by atoms with E-state index in [1.54, 1.807) is 4.68 Å². The minimum Gasteiger partial charge on any atom is -0.346 e. The molecule has 0 fully saturated rings. The molecular weight excluding hydrogens is 238 g/mol. The average molecular weight is 256 g/mol. The molecule has 17 heavy (non-hydrogen) atoms. The topological polar surface area (TPSA) is 46.9 Å². The van der Waals surface area contributed by atoms with E-state index in [0.717, 1.165) is 5.69 Å². The van der Waals surface area contributed by atoms with Crippen molar-refractivity contribution in [3.8, 4) is 0 Å². The minimum absolute atomic E-state index is 0.173. The van der Waals surface area contributed by atoms with Crippen molar-refractivity contribution in [2.45, 2.75) is 33.2 Å². The molecule has 1 aromatic heterocycles. The lowest BCUT2D eigenvalue weighted by Gasteiger charge is -2.05. The highest BCUT2D eigenvalue weighted by molar-refractivity contribution is 6.29. The number of nitrogens with zero attached hydrogens (tertiary/aromatic N) is 2. The van der Waals surface area contributed by atoms with E-state index in [0.29, 0.717) is 23.2 Å². The highest BCUT2D eigenvalue weighted by atomic mass is 35.5. The Morgan fingerprint density at radius 2 is 2.29 bits per heavy atom. The van der Waals surface area contributed by atoms with E-state index >= 15 is 0 Å². The molecule has 5 heteroatoms. The highest BCUT2D eigenvalue weighted by Gasteiger charge is 2.15. The number of rotatable bonds is 5. The number of nitrogens with one attached hydrogen (secondary N) is 1. The quantitative estimate of drug-likeness (QED) is 0.879. The van der Waals surface area contributed by atoms with Crippen LogP contribution in [-0.2, 0) is 6.54 Å². The van der Waals surface area contributed by atoms with Crippen LogP contribution < -0.4 is 5.32 Å². The first-order valence-corrected chi connectivity index (χ1v) is 6.02. The van der Waals surface area contributed by atoms with Crippen molar-refractivity contribution in [2.24, 2.45) is 0 Å². The third-order valence-corrected chi connectivity index (χ3v) is 2.50. The van der Waals surface area contributed by atoms with Crippen LogP contribution in [0.2, 0.25) is 0 Å². The van der Waals surface area contributed by atoms with Crippen molar-refractivity contribution >= 4 is 17.5 Å². The van der Waals surface area contributed by atoms with Crippen LogP contribution in [0, 0.1) is 0 Å². The van der Waals surface area contributed by atoms with Crippen LogP contribution in [0.25, 0.3) is 0 Å². The van der Waals surface area contributed by atoms with E-state index in [4.69, 9.17) is 11.6 Å². The Hall–Kier alpha value is -1.29. The lowest BCUT2D eigenvalue weighted by atomic mass is 10.1. The fraction of sp³-hybridized carbons (Fsp3) is 0.500. The van der Waals surface area contributed by atoms with E-state index in [9.17, 15) is 4.79 Å². The van der Waals surface area contributed by atoms with Gasteiger partial charge >= 0.3 is 0 Å². The zero-order chi connectivity index (χ0) is 13.0. The van der Waals surface area contributed by atoms with E-state index in [1.165, 1.54) is 0 Å². The van der Waals surface area contributed by atoms with E-state index in [2.05, 4.69) is 17.0 Å². The molecule has 0 saturated carbocycles. The molecule has 0 atom stereocenters. The van der Waals surface area contributed by atoms with Crippen LogP contribution in [-0.4, -0.2) is 22.2 Å². The maximum Gasteiger partial charge on any atom is 0.269 e. The second-order valence-corrected chi connectivity index (χ2v) is 4.66. The normalized spacial score (nSPS) is 10.6. The van der Waals surface area contributed by atoms with Gasteiger partial charge in [0.1, 0.15) is 5.69 Å². The van der Waals surface area contributed by atoms with Crippen LogP contribution >= 0.6 is 11.6 Å². The molecule has 0 saturated heterocycles. The number of aryl methyl sites for hydroxylation is 1. The first-order valence-electron chi connectivity index (χ1n) is 5.65. The first-order chi connectivity index (χ1) is 7.95. The van der Waals surface area contributed by atoms with Crippen LogP contribution in [0.1, 0.15) is 42.9 Å². The maximum atomic E-state index is 11.9. The molecule has 0 spiro atoms. The maximum absolute atomic E-state index is 11.9. The number of aromatic nitrogens is 2. The monoisotopic (exact) mass is 255 g/mol. The van der Waals surface area contributed by atoms with Gasteiger partial charge in [-0.25, -0.2) is 0 Å². The average Bonchev–Trinajstić information content (AvgIpc) is 2.69. The van der Waals surface area contributed by atoms with Crippen molar-refractivity contribution in [1.82, 2.24) is 15.1 Å². The Bertz CT molecular complexity index is 423. The second-order valence-electron chi connectivity index (χ2n) is 4.12. The van der Waals surface area contributed by atoms with Gasteiger partial charge in [0, 0.05) is 11.6 Å². The van der Waals surface area contributed by atoms with Crippen LogP contribution in [0.15, 0.2) is 17.7 Å². The predicted octanol–water partition coefficient (Wildman–Crippen LogP) is 2.51. The first kappa shape index (κ1) is 13.8. The van der Waals surface area contributed by atoms with Gasteiger partial charge in [0.25, 0.3) is 5.91 Å². The van der Waals surface area contributed by atoms with Gasteiger partial charge in [0.05, 0.1) is 12.2 Å². The Morgan fingerprint density at radius 1 is 1.65 bits per heavy atom. The van der Waals surface area contributed by atoms with Gasteiger partial charge in [-0.1, -0.05) is 32.0 Å². The van der Waals surface area contributed by atoms with Crippen molar-refractivity contribution in [1.29, 1.82) is 0 Å². The van der Waals surface area contributed by atoms with Crippen LogP contribution in [0.3, 0.4) is 0 Å². The fourth-order valence-electron chi connectivity index (χ4n) is 1.41. The van der Waals surface area contributed by atoms with E-state index in [-0.39, 0.29) is 12.5 Å². The SMILES string of the molecule is C=C(Cl)CNC(=O)c1cc(C(C)C)nn1CC. The molecule has 1 N–H and O–H groups in total. The molecule has 0 unspecified atom stereocenters. The van der Waals surface area contributed by atoms with E-state index < -0.39 is 0 Å². The molecule has 1 amide bonds. The Morgan fingerprint density at radius 3 is 2.76 bits per heavy atom. The summed E-state index contributed by atoms with van der Waals surface area (Å²) >= 11 is 5.61. The number of carbonyl (C=O) groups excluding carboxylic acids is 1. The molecule has 0 radical (unpaired) electrons. The zero-order valence-electron chi connectivity index (χ0n) is 10.5. The summed E-state index contributed by atoms with van der Waals surface area (Å²) in [6, 6.07) is 1.82.